The normalized spacial score (nSPS) is 23.4. The molecule has 6 nitrogen and oxygen atoms in total. The highest BCUT2D eigenvalue weighted by atomic mass is 16.3. The highest BCUT2D eigenvalue weighted by molar-refractivity contribution is 5.92. The summed E-state index contributed by atoms with van der Waals surface area (Å²) in [5, 5.41) is 23.1. The number of aromatic nitrogens is 2. The number of anilines is 1. The number of carbonyl (C=O) groups excluding carboxylic acids is 1. The minimum Gasteiger partial charge on any atom is -0.391 e. The molecule has 3 N–H and O–H groups in total. The van der Waals surface area contributed by atoms with Crippen molar-refractivity contribution in [1.82, 2.24) is 15.5 Å². The SMILES string of the molecule is CNc1ccc(C(=O)NC2CCCCC2O)nn1. The third-order valence-corrected chi connectivity index (χ3v) is 3.20. The molecular weight excluding hydrogens is 232 g/mol. The van der Waals surface area contributed by atoms with Crippen molar-refractivity contribution < 1.29 is 9.90 Å². The molecule has 0 bridgehead atoms. The lowest BCUT2D eigenvalue weighted by molar-refractivity contribution is 0.0713. The van der Waals surface area contributed by atoms with Crippen LogP contribution in [0.5, 0.6) is 0 Å². The topological polar surface area (TPSA) is 87.1 Å². The molecule has 0 aromatic carbocycles. The second-order valence-corrected chi connectivity index (χ2v) is 4.49. The summed E-state index contributed by atoms with van der Waals surface area (Å²) in [6.07, 6.45) is 3.16. The lowest BCUT2D eigenvalue weighted by Gasteiger charge is -2.28. The molecule has 18 heavy (non-hydrogen) atoms. The van der Waals surface area contributed by atoms with Gasteiger partial charge in [-0.3, -0.25) is 4.79 Å². The molecule has 1 amide bonds. The number of aliphatic hydroxyl groups is 1. The summed E-state index contributed by atoms with van der Waals surface area (Å²) in [4.78, 5) is 11.9. The highest BCUT2D eigenvalue weighted by Crippen LogP contribution is 2.18. The maximum Gasteiger partial charge on any atom is 0.272 e. The number of hydrogen-bond donors (Lipinski definition) is 3. The molecular formula is C12H18N4O2. The Labute approximate surface area is 106 Å². The standard InChI is InChI=1S/C12H18N4O2/c1-13-11-7-6-9(15-16-11)12(18)14-8-4-2-3-5-10(8)17/h6-8,10,17H,2-5H2,1H3,(H,13,16)(H,14,18). The molecule has 98 valence electrons. The van der Waals surface area contributed by atoms with Crippen LogP contribution in [0.15, 0.2) is 12.1 Å². The molecule has 1 fully saturated rings. The van der Waals surface area contributed by atoms with Gasteiger partial charge in [0.15, 0.2) is 5.69 Å². The zero-order chi connectivity index (χ0) is 13.0. The molecule has 2 rings (SSSR count). The predicted molar refractivity (Wildman–Crippen MR) is 67.3 cm³/mol. The van der Waals surface area contributed by atoms with Crippen LogP contribution in [-0.2, 0) is 0 Å². The molecule has 6 heteroatoms. The van der Waals surface area contributed by atoms with Crippen LogP contribution >= 0.6 is 0 Å². The van der Waals surface area contributed by atoms with E-state index in [1.807, 2.05) is 0 Å². The van der Waals surface area contributed by atoms with Gasteiger partial charge in [-0.2, -0.15) is 0 Å². The average Bonchev–Trinajstić information content (AvgIpc) is 2.41. The van der Waals surface area contributed by atoms with Crippen LogP contribution < -0.4 is 10.6 Å². The molecule has 1 aliphatic rings. The molecule has 0 saturated heterocycles. The van der Waals surface area contributed by atoms with Crippen molar-refractivity contribution in [2.24, 2.45) is 0 Å². The maximum atomic E-state index is 11.9. The summed E-state index contributed by atoms with van der Waals surface area (Å²) in [7, 11) is 1.74. The first-order valence-electron chi connectivity index (χ1n) is 6.21. The van der Waals surface area contributed by atoms with Crippen LogP contribution in [-0.4, -0.2) is 40.4 Å². The van der Waals surface area contributed by atoms with Gasteiger partial charge in [0.05, 0.1) is 12.1 Å². The fraction of sp³-hybridized carbons (Fsp3) is 0.583. The Kier molecular flexibility index (Phi) is 4.09. The van der Waals surface area contributed by atoms with E-state index in [0.29, 0.717) is 5.82 Å². The number of nitrogens with zero attached hydrogens (tertiary/aromatic N) is 2. The van der Waals surface area contributed by atoms with Gasteiger partial charge in [0, 0.05) is 7.05 Å². The van der Waals surface area contributed by atoms with Crippen molar-refractivity contribution in [1.29, 1.82) is 0 Å². The number of rotatable bonds is 3. The molecule has 1 saturated carbocycles. The third-order valence-electron chi connectivity index (χ3n) is 3.20. The van der Waals surface area contributed by atoms with E-state index in [2.05, 4.69) is 20.8 Å². The number of aliphatic hydroxyl groups excluding tert-OH is 1. The van der Waals surface area contributed by atoms with Crippen molar-refractivity contribution in [3.8, 4) is 0 Å². The van der Waals surface area contributed by atoms with Gasteiger partial charge in [0.1, 0.15) is 5.82 Å². The van der Waals surface area contributed by atoms with E-state index < -0.39 is 6.10 Å². The van der Waals surface area contributed by atoms with Gasteiger partial charge < -0.3 is 15.7 Å². The van der Waals surface area contributed by atoms with Gasteiger partial charge in [0.25, 0.3) is 5.91 Å². The summed E-state index contributed by atoms with van der Waals surface area (Å²) in [5.74, 6) is 0.334. The zero-order valence-electron chi connectivity index (χ0n) is 10.4. The first-order valence-corrected chi connectivity index (χ1v) is 6.21. The number of hydrogen-bond acceptors (Lipinski definition) is 5. The lowest BCUT2D eigenvalue weighted by Crippen LogP contribution is -2.45. The van der Waals surface area contributed by atoms with E-state index in [-0.39, 0.29) is 17.6 Å². The average molecular weight is 250 g/mol. The Bertz CT molecular complexity index is 407. The second kappa shape index (κ2) is 5.77. The third kappa shape index (κ3) is 2.95. The van der Waals surface area contributed by atoms with Gasteiger partial charge in [-0.25, -0.2) is 0 Å². The van der Waals surface area contributed by atoms with Crippen LogP contribution in [0.3, 0.4) is 0 Å². The summed E-state index contributed by atoms with van der Waals surface area (Å²) in [6, 6.07) is 3.14. The fourth-order valence-electron chi connectivity index (χ4n) is 2.11. The maximum absolute atomic E-state index is 11.9. The largest absolute Gasteiger partial charge is 0.391 e. The summed E-state index contributed by atoms with van der Waals surface area (Å²) in [6.45, 7) is 0. The van der Waals surface area contributed by atoms with Gasteiger partial charge in [-0.05, 0) is 25.0 Å². The van der Waals surface area contributed by atoms with Gasteiger partial charge in [-0.1, -0.05) is 12.8 Å². The van der Waals surface area contributed by atoms with Crippen molar-refractivity contribution in [3.63, 3.8) is 0 Å². The summed E-state index contributed by atoms with van der Waals surface area (Å²) < 4.78 is 0. The zero-order valence-corrected chi connectivity index (χ0v) is 10.4. The molecule has 2 atom stereocenters. The van der Waals surface area contributed by atoms with Crippen LogP contribution in [0.1, 0.15) is 36.2 Å². The van der Waals surface area contributed by atoms with E-state index in [1.54, 1.807) is 19.2 Å². The van der Waals surface area contributed by atoms with Crippen molar-refractivity contribution in [3.05, 3.63) is 17.8 Å². The van der Waals surface area contributed by atoms with Crippen LogP contribution in [0.25, 0.3) is 0 Å². The van der Waals surface area contributed by atoms with Crippen LogP contribution in [0.2, 0.25) is 0 Å². The van der Waals surface area contributed by atoms with E-state index in [1.165, 1.54) is 0 Å². The van der Waals surface area contributed by atoms with E-state index in [4.69, 9.17) is 0 Å². The molecule has 2 unspecified atom stereocenters. The van der Waals surface area contributed by atoms with Crippen molar-refractivity contribution in [2.75, 3.05) is 12.4 Å². The number of nitrogens with one attached hydrogen (secondary N) is 2. The van der Waals surface area contributed by atoms with Gasteiger partial charge >= 0.3 is 0 Å². The monoisotopic (exact) mass is 250 g/mol. The minimum atomic E-state index is -0.452. The quantitative estimate of drug-likeness (QED) is 0.729. The Morgan fingerprint density at radius 2 is 2.11 bits per heavy atom. The van der Waals surface area contributed by atoms with Crippen molar-refractivity contribution in [2.45, 2.75) is 37.8 Å². The van der Waals surface area contributed by atoms with E-state index in [0.717, 1.165) is 25.7 Å². The van der Waals surface area contributed by atoms with Crippen LogP contribution in [0, 0.1) is 0 Å². The molecule has 0 spiro atoms. The Morgan fingerprint density at radius 3 is 2.72 bits per heavy atom. The predicted octanol–water partition coefficient (Wildman–Crippen LogP) is 0.552. The van der Waals surface area contributed by atoms with Crippen molar-refractivity contribution >= 4 is 11.7 Å². The molecule has 1 aromatic heterocycles. The first-order chi connectivity index (χ1) is 8.70. The minimum absolute atomic E-state index is 0.169. The summed E-state index contributed by atoms with van der Waals surface area (Å²) >= 11 is 0. The van der Waals surface area contributed by atoms with E-state index in [9.17, 15) is 9.90 Å². The van der Waals surface area contributed by atoms with Gasteiger partial charge in [0.2, 0.25) is 0 Å². The Morgan fingerprint density at radius 1 is 1.33 bits per heavy atom. The molecule has 1 aliphatic carbocycles. The Hall–Kier alpha value is -1.69. The number of amides is 1. The second-order valence-electron chi connectivity index (χ2n) is 4.49. The van der Waals surface area contributed by atoms with Crippen LogP contribution in [0.4, 0.5) is 5.82 Å². The molecule has 0 aliphatic heterocycles. The Balaban J connectivity index is 1.97. The number of carbonyl (C=O) groups is 1. The lowest BCUT2D eigenvalue weighted by atomic mass is 9.92. The van der Waals surface area contributed by atoms with Gasteiger partial charge in [-0.15, -0.1) is 10.2 Å². The van der Waals surface area contributed by atoms with E-state index >= 15 is 0 Å². The summed E-state index contributed by atoms with van der Waals surface area (Å²) in [5.41, 5.74) is 0.270. The first kappa shape index (κ1) is 12.8. The molecule has 1 aromatic rings. The molecule has 0 radical (unpaired) electrons. The highest BCUT2D eigenvalue weighted by Gasteiger charge is 2.25. The smallest absolute Gasteiger partial charge is 0.272 e. The fourth-order valence-corrected chi connectivity index (χ4v) is 2.11. The molecule has 1 heterocycles.